The zero-order valence-electron chi connectivity index (χ0n) is 18.6. The summed E-state index contributed by atoms with van der Waals surface area (Å²) in [6.45, 7) is 0.228. The molecule has 3 aromatic rings. The van der Waals surface area contributed by atoms with Crippen LogP contribution in [0, 0.1) is 0 Å². The predicted octanol–water partition coefficient (Wildman–Crippen LogP) is 6.27. The number of thioether (sulfide) groups is 1. The summed E-state index contributed by atoms with van der Waals surface area (Å²) in [7, 11) is 1.58. The minimum absolute atomic E-state index is 0.153. The lowest BCUT2D eigenvalue weighted by Gasteiger charge is -2.31. The SMILES string of the molecule is CNC(=O)C(Cc1ccccc1)N(Cc1ccccc1Cl)C(=O)CSCc1ccc(Cl)cc1Cl. The van der Waals surface area contributed by atoms with Gasteiger partial charge in [0, 0.05) is 40.8 Å². The molecule has 0 saturated heterocycles. The lowest BCUT2D eigenvalue weighted by atomic mass is 10.0. The lowest BCUT2D eigenvalue weighted by molar-refractivity contribution is -0.139. The van der Waals surface area contributed by atoms with Gasteiger partial charge < -0.3 is 10.2 Å². The number of amides is 2. The Labute approximate surface area is 219 Å². The number of nitrogens with zero attached hydrogens (tertiary/aromatic N) is 1. The quantitative estimate of drug-likeness (QED) is 0.333. The topological polar surface area (TPSA) is 49.4 Å². The number of halogens is 3. The molecule has 3 aromatic carbocycles. The van der Waals surface area contributed by atoms with Crippen molar-refractivity contribution >= 4 is 58.4 Å². The Morgan fingerprint density at radius 1 is 0.912 bits per heavy atom. The normalized spacial score (nSPS) is 11.6. The van der Waals surface area contributed by atoms with Gasteiger partial charge in [-0.25, -0.2) is 0 Å². The summed E-state index contributed by atoms with van der Waals surface area (Å²) >= 11 is 20.1. The highest BCUT2D eigenvalue weighted by atomic mass is 35.5. The van der Waals surface area contributed by atoms with Gasteiger partial charge in [0.1, 0.15) is 6.04 Å². The van der Waals surface area contributed by atoms with Crippen molar-refractivity contribution in [3.63, 3.8) is 0 Å². The van der Waals surface area contributed by atoms with Gasteiger partial charge in [-0.2, -0.15) is 0 Å². The second kappa shape index (κ2) is 13.1. The van der Waals surface area contributed by atoms with Crippen molar-refractivity contribution in [2.75, 3.05) is 12.8 Å². The van der Waals surface area contributed by atoms with Gasteiger partial charge in [0.25, 0.3) is 0 Å². The number of carbonyl (C=O) groups is 2. The molecule has 0 bridgehead atoms. The Bertz CT molecular complexity index is 1130. The average molecular weight is 536 g/mol. The molecule has 2 amide bonds. The predicted molar refractivity (Wildman–Crippen MR) is 143 cm³/mol. The average Bonchev–Trinajstić information content (AvgIpc) is 2.83. The number of likely N-dealkylation sites (N-methyl/N-ethyl adjacent to an activating group) is 1. The van der Waals surface area contributed by atoms with E-state index in [0.717, 1.165) is 16.7 Å². The molecule has 0 spiro atoms. The number of carbonyl (C=O) groups excluding carboxylic acids is 2. The van der Waals surface area contributed by atoms with Crippen molar-refractivity contribution in [2.24, 2.45) is 0 Å². The van der Waals surface area contributed by atoms with E-state index in [0.29, 0.717) is 27.2 Å². The smallest absolute Gasteiger partial charge is 0.242 e. The lowest BCUT2D eigenvalue weighted by Crippen LogP contribution is -2.50. The maximum absolute atomic E-state index is 13.5. The Morgan fingerprint density at radius 3 is 2.29 bits per heavy atom. The van der Waals surface area contributed by atoms with Gasteiger partial charge in [-0.1, -0.05) is 89.4 Å². The zero-order valence-corrected chi connectivity index (χ0v) is 21.7. The summed E-state index contributed by atoms with van der Waals surface area (Å²) in [6, 6.07) is 21.6. The van der Waals surface area contributed by atoms with Gasteiger partial charge in [0.15, 0.2) is 0 Å². The van der Waals surface area contributed by atoms with Gasteiger partial charge in [0.05, 0.1) is 5.75 Å². The van der Waals surface area contributed by atoms with E-state index in [4.69, 9.17) is 34.8 Å². The number of nitrogens with one attached hydrogen (secondary N) is 1. The number of rotatable bonds is 10. The molecule has 0 aliphatic heterocycles. The second-order valence-corrected chi connectivity index (χ2v) is 9.90. The highest BCUT2D eigenvalue weighted by Gasteiger charge is 2.30. The molecule has 3 rings (SSSR count). The molecule has 0 aliphatic carbocycles. The second-order valence-electron chi connectivity index (χ2n) is 7.66. The van der Waals surface area contributed by atoms with E-state index < -0.39 is 6.04 Å². The van der Waals surface area contributed by atoms with Crippen LogP contribution in [0.5, 0.6) is 0 Å². The fraction of sp³-hybridized carbons (Fsp3) is 0.231. The Morgan fingerprint density at radius 2 is 1.62 bits per heavy atom. The van der Waals surface area contributed by atoms with Crippen LogP contribution in [-0.2, 0) is 28.3 Å². The van der Waals surface area contributed by atoms with Crippen molar-refractivity contribution < 1.29 is 9.59 Å². The molecule has 0 aliphatic rings. The van der Waals surface area contributed by atoms with E-state index in [9.17, 15) is 9.59 Å². The Balaban J connectivity index is 1.82. The molecule has 1 N–H and O–H groups in total. The fourth-order valence-electron chi connectivity index (χ4n) is 3.50. The first-order valence-electron chi connectivity index (χ1n) is 10.7. The number of hydrogen-bond donors (Lipinski definition) is 1. The molecule has 34 heavy (non-hydrogen) atoms. The molecule has 1 unspecified atom stereocenters. The van der Waals surface area contributed by atoms with Gasteiger partial charge in [-0.05, 0) is 34.9 Å². The minimum Gasteiger partial charge on any atom is -0.357 e. The standard InChI is InChI=1S/C26H25Cl3N2O2S/c1-30-26(33)24(13-18-7-3-2-4-8-18)31(15-19-9-5-6-10-22(19)28)25(32)17-34-16-20-11-12-21(27)14-23(20)29/h2-12,14,24H,13,15-17H2,1H3,(H,30,33). The number of benzene rings is 3. The van der Waals surface area contributed by atoms with Crippen LogP contribution in [0.1, 0.15) is 16.7 Å². The van der Waals surface area contributed by atoms with Crippen LogP contribution >= 0.6 is 46.6 Å². The van der Waals surface area contributed by atoms with Gasteiger partial charge in [-0.15, -0.1) is 11.8 Å². The molecular weight excluding hydrogens is 511 g/mol. The summed E-state index contributed by atoms with van der Waals surface area (Å²) in [5.41, 5.74) is 2.65. The largest absolute Gasteiger partial charge is 0.357 e. The van der Waals surface area contributed by atoms with Gasteiger partial charge in [0.2, 0.25) is 11.8 Å². The molecule has 1 atom stereocenters. The van der Waals surface area contributed by atoms with Gasteiger partial charge in [-0.3, -0.25) is 9.59 Å². The monoisotopic (exact) mass is 534 g/mol. The van der Waals surface area contributed by atoms with E-state index >= 15 is 0 Å². The molecule has 0 aromatic heterocycles. The summed E-state index contributed by atoms with van der Waals surface area (Å²) in [5, 5.41) is 4.39. The van der Waals surface area contributed by atoms with E-state index in [1.807, 2.05) is 54.6 Å². The summed E-state index contributed by atoms with van der Waals surface area (Å²) in [5.74, 6) is 0.353. The van der Waals surface area contributed by atoms with Crippen LogP contribution in [0.3, 0.4) is 0 Å². The third-order valence-electron chi connectivity index (χ3n) is 5.31. The van der Waals surface area contributed by atoms with Crippen LogP contribution in [0.4, 0.5) is 0 Å². The summed E-state index contributed by atoms with van der Waals surface area (Å²) in [6.07, 6.45) is 0.393. The molecule has 0 fully saturated rings. The van der Waals surface area contributed by atoms with Crippen LogP contribution in [0.25, 0.3) is 0 Å². The maximum atomic E-state index is 13.5. The first-order chi connectivity index (χ1) is 16.4. The molecule has 8 heteroatoms. The van der Waals surface area contributed by atoms with Gasteiger partial charge >= 0.3 is 0 Å². The van der Waals surface area contributed by atoms with Crippen molar-refractivity contribution in [1.29, 1.82) is 0 Å². The molecule has 0 radical (unpaired) electrons. The summed E-state index contributed by atoms with van der Waals surface area (Å²) in [4.78, 5) is 28.0. The third-order valence-corrected chi connectivity index (χ3v) is 7.24. The van der Waals surface area contributed by atoms with Crippen LogP contribution in [0.2, 0.25) is 15.1 Å². The Kier molecular flexibility index (Phi) is 10.1. The first-order valence-corrected chi connectivity index (χ1v) is 13.0. The van der Waals surface area contributed by atoms with Crippen molar-refractivity contribution in [2.45, 2.75) is 24.8 Å². The number of hydrogen-bond acceptors (Lipinski definition) is 3. The van der Waals surface area contributed by atoms with Crippen LogP contribution in [0.15, 0.2) is 72.8 Å². The molecule has 0 heterocycles. The highest BCUT2D eigenvalue weighted by molar-refractivity contribution is 7.99. The molecule has 178 valence electrons. The van der Waals surface area contributed by atoms with Crippen LogP contribution < -0.4 is 5.32 Å². The zero-order chi connectivity index (χ0) is 24.5. The third kappa shape index (κ3) is 7.41. The Hall–Kier alpha value is -2.18. The van der Waals surface area contributed by atoms with Crippen molar-refractivity contribution in [3.8, 4) is 0 Å². The van der Waals surface area contributed by atoms with Crippen LogP contribution in [-0.4, -0.2) is 35.6 Å². The first kappa shape index (κ1) is 26.4. The summed E-state index contributed by atoms with van der Waals surface area (Å²) < 4.78 is 0. The highest BCUT2D eigenvalue weighted by Crippen LogP contribution is 2.26. The van der Waals surface area contributed by atoms with Crippen molar-refractivity contribution in [1.82, 2.24) is 10.2 Å². The van der Waals surface area contributed by atoms with Crippen molar-refractivity contribution in [3.05, 3.63) is 105 Å². The van der Waals surface area contributed by atoms with E-state index in [1.165, 1.54) is 11.8 Å². The fourth-order valence-corrected chi connectivity index (χ4v) is 5.16. The molecule has 0 saturated carbocycles. The molecule has 4 nitrogen and oxygen atoms in total. The van der Waals surface area contributed by atoms with E-state index in [1.54, 1.807) is 30.1 Å². The van der Waals surface area contributed by atoms with E-state index in [-0.39, 0.29) is 24.1 Å². The minimum atomic E-state index is -0.684. The molecular formula is C26H25Cl3N2O2S. The maximum Gasteiger partial charge on any atom is 0.242 e. The van der Waals surface area contributed by atoms with E-state index in [2.05, 4.69) is 5.32 Å².